The highest BCUT2D eigenvalue weighted by molar-refractivity contribution is 7.07. The molecule has 0 saturated heterocycles. The predicted molar refractivity (Wildman–Crippen MR) is 63.5 cm³/mol. The van der Waals surface area contributed by atoms with Crippen LogP contribution in [0.3, 0.4) is 0 Å². The summed E-state index contributed by atoms with van der Waals surface area (Å²) in [5.41, 5.74) is 5.28. The van der Waals surface area contributed by atoms with Gasteiger partial charge in [-0.2, -0.15) is 0 Å². The summed E-state index contributed by atoms with van der Waals surface area (Å²) >= 11 is 1.62. The maximum Gasteiger partial charge on any atom is 0.122 e. The molecule has 0 atom stereocenters. The molecule has 2 rings (SSSR count). The average Bonchev–Trinajstić information content (AvgIpc) is 2.81. The molecule has 0 fully saturated rings. The van der Waals surface area contributed by atoms with E-state index >= 15 is 0 Å². The summed E-state index contributed by atoms with van der Waals surface area (Å²) in [6.07, 6.45) is 0.973. The zero-order valence-corrected chi connectivity index (χ0v) is 9.67. The number of aryl methyl sites for hydroxylation is 1. The first-order valence-electron chi connectivity index (χ1n) is 4.90. The monoisotopic (exact) mass is 219 g/mol. The van der Waals surface area contributed by atoms with Gasteiger partial charge in [-0.1, -0.05) is 6.92 Å². The molecule has 3 heteroatoms. The Balaban J connectivity index is 2.43. The van der Waals surface area contributed by atoms with Crippen molar-refractivity contribution in [2.24, 2.45) is 0 Å². The molecule has 0 aliphatic rings. The minimum atomic E-state index is 0.955. The highest BCUT2D eigenvalue weighted by Gasteiger charge is 2.05. The molecule has 78 valence electrons. The lowest BCUT2D eigenvalue weighted by molar-refractivity contribution is 0.410. The van der Waals surface area contributed by atoms with Gasteiger partial charge >= 0.3 is 0 Å². The lowest BCUT2D eigenvalue weighted by Gasteiger charge is -2.07. The van der Waals surface area contributed by atoms with E-state index in [9.17, 15) is 0 Å². The van der Waals surface area contributed by atoms with E-state index in [0.29, 0.717) is 0 Å². The lowest BCUT2D eigenvalue weighted by atomic mass is 10.1. The van der Waals surface area contributed by atoms with Gasteiger partial charge in [0.15, 0.2) is 0 Å². The van der Waals surface area contributed by atoms with Crippen LogP contribution >= 0.6 is 11.3 Å². The van der Waals surface area contributed by atoms with Gasteiger partial charge in [0.1, 0.15) is 5.75 Å². The summed E-state index contributed by atoms with van der Waals surface area (Å²) in [6, 6.07) is 6.20. The quantitative estimate of drug-likeness (QED) is 0.789. The molecule has 0 aliphatic carbocycles. The Hall–Kier alpha value is -1.35. The van der Waals surface area contributed by atoms with Crippen molar-refractivity contribution in [2.75, 3.05) is 7.11 Å². The fourth-order valence-corrected chi connectivity index (χ4v) is 2.13. The molecule has 2 aromatic rings. The van der Waals surface area contributed by atoms with Crippen molar-refractivity contribution in [2.45, 2.75) is 13.3 Å². The summed E-state index contributed by atoms with van der Waals surface area (Å²) < 4.78 is 5.29. The topological polar surface area (TPSA) is 22.1 Å². The largest absolute Gasteiger partial charge is 0.496 e. The molecule has 1 heterocycles. The third kappa shape index (κ3) is 2.02. The molecule has 15 heavy (non-hydrogen) atoms. The van der Waals surface area contributed by atoms with E-state index in [1.807, 2.05) is 17.6 Å². The number of rotatable bonds is 3. The fourth-order valence-electron chi connectivity index (χ4n) is 1.57. The van der Waals surface area contributed by atoms with Gasteiger partial charge in [-0.25, -0.2) is 4.98 Å². The first-order valence-corrected chi connectivity index (χ1v) is 5.85. The highest BCUT2D eigenvalue weighted by Crippen LogP contribution is 2.26. The number of hydrogen-bond donors (Lipinski definition) is 0. The number of ether oxygens (including phenoxy) is 1. The number of hydrogen-bond acceptors (Lipinski definition) is 3. The van der Waals surface area contributed by atoms with Gasteiger partial charge in [0.05, 0.1) is 18.3 Å². The number of aromatic nitrogens is 1. The maximum atomic E-state index is 5.29. The van der Waals surface area contributed by atoms with Gasteiger partial charge in [-0.3, -0.25) is 0 Å². The third-order valence-electron chi connectivity index (χ3n) is 2.39. The Morgan fingerprint density at radius 1 is 1.40 bits per heavy atom. The second-order valence-corrected chi connectivity index (χ2v) is 3.97. The van der Waals surface area contributed by atoms with Crippen molar-refractivity contribution in [3.63, 3.8) is 0 Å². The molecule has 0 aliphatic heterocycles. The van der Waals surface area contributed by atoms with Crippen LogP contribution < -0.4 is 4.74 Å². The van der Waals surface area contributed by atoms with Gasteiger partial charge in [-0.05, 0) is 30.2 Å². The van der Waals surface area contributed by atoms with Crippen LogP contribution in [0.1, 0.15) is 12.5 Å². The molecule has 1 aromatic carbocycles. The van der Waals surface area contributed by atoms with E-state index in [1.54, 1.807) is 18.4 Å². The second-order valence-electron chi connectivity index (χ2n) is 3.25. The Morgan fingerprint density at radius 2 is 2.27 bits per heavy atom. The molecule has 0 unspecified atom stereocenters. The van der Waals surface area contributed by atoms with Crippen molar-refractivity contribution in [3.8, 4) is 17.0 Å². The van der Waals surface area contributed by atoms with E-state index in [2.05, 4.69) is 23.4 Å². The van der Waals surface area contributed by atoms with E-state index in [4.69, 9.17) is 4.74 Å². The van der Waals surface area contributed by atoms with E-state index < -0.39 is 0 Å². The maximum absolute atomic E-state index is 5.29. The molecule has 0 radical (unpaired) electrons. The normalized spacial score (nSPS) is 10.3. The molecular weight excluding hydrogens is 206 g/mol. The molecule has 0 saturated carbocycles. The molecule has 0 bridgehead atoms. The lowest BCUT2D eigenvalue weighted by Crippen LogP contribution is -1.91. The van der Waals surface area contributed by atoms with Gasteiger partial charge in [-0.15, -0.1) is 11.3 Å². The number of benzene rings is 1. The minimum Gasteiger partial charge on any atom is -0.496 e. The van der Waals surface area contributed by atoms with Crippen LogP contribution in [0.5, 0.6) is 5.75 Å². The van der Waals surface area contributed by atoms with E-state index in [-0.39, 0.29) is 0 Å². The Morgan fingerprint density at radius 3 is 2.87 bits per heavy atom. The van der Waals surface area contributed by atoms with Crippen LogP contribution in [0.4, 0.5) is 0 Å². The minimum absolute atomic E-state index is 0.955. The summed E-state index contributed by atoms with van der Waals surface area (Å²) in [4.78, 5) is 4.30. The smallest absolute Gasteiger partial charge is 0.122 e. The van der Waals surface area contributed by atoms with Crippen LogP contribution in [0.25, 0.3) is 11.3 Å². The molecule has 2 nitrogen and oxygen atoms in total. The van der Waals surface area contributed by atoms with Crippen LogP contribution in [0.15, 0.2) is 29.1 Å². The van der Waals surface area contributed by atoms with Gasteiger partial charge < -0.3 is 4.74 Å². The fraction of sp³-hybridized carbons (Fsp3) is 0.250. The van der Waals surface area contributed by atoms with Gasteiger partial charge in [0.2, 0.25) is 0 Å². The summed E-state index contributed by atoms with van der Waals surface area (Å²) in [6.45, 7) is 2.13. The number of thiazole rings is 1. The van der Waals surface area contributed by atoms with Crippen LogP contribution in [0, 0.1) is 0 Å². The first-order chi connectivity index (χ1) is 7.35. The van der Waals surface area contributed by atoms with E-state index in [1.165, 1.54) is 5.56 Å². The van der Waals surface area contributed by atoms with Crippen LogP contribution in [-0.2, 0) is 6.42 Å². The molecule has 0 spiro atoms. The van der Waals surface area contributed by atoms with Gasteiger partial charge in [0, 0.05) is 10.9 Å². The van der Waals surface area contributed by atoms with Crippen molar-refractivity contribution < 1.29 is 4.74 Å². The summed E-state index contributed by atoms with van der Waals surface area (Å²) in [7, 11) is 1.71. The number of nitrogens with zero attached hydrogens (tertiary/aromatic N) is 1. The summed E-state index contributed by atoms with van der Waals surface area (Å²) in [5, 5.41) is 2.06. The predicted octanol–water partition coefficient (Wildman–Crippen LogP) is 3.38. The molecule has 1 aromatic heterocycles. The van der Waals surface area contributed by atoms with Crippen LogP contribution in [0.2, 0.25) is 0 Å². The van der Waals surface area contributed by atoms with Gasteiger partial charge in [0.25, 0.3) is 0 Å². The Labute approximate surface area is 93.6 Å². The second kappa shape index (κ2) is 4.45. The Bertz CT molecular complexity index is 437. The third-order valence-corrected chi connectivity index (χ3v) is 2.98. The molecular formula is C12H13NOS. The molecule has 0 amide bonds. The van der Waals surface area contributed by atoms with Crippen molar-refractivity contribution in [1.82, 2.24) is 4.98 Å². The standard InChI is InChI=1S/C12H13NOS/c1-3-9-6-10(4-5-12(9)14-2)11-7-15-8-13-11/h4-8H,3H2,1-2H3. The highest BCUT2D eigenvalue weighted by atomic mass is 32.1. The first kappa shape index (κ1) is 10.2. The van der Waals surface area contributed by atoms with Crippen LogP contribution in [-0.4, -0.2) is 12.1 Å². The van der Waals surface area contributed by atoms with E-state index in [0.717, 1.165) is 23.4 Å². The Kier molecular flexibility index (Phi) is 3.02. The average molecular weight is 219 g/mol. The SMILES string of the molecule is CCc1cc(-c2cscn2)ccc1OC. The molecule has 0 N–H and O–H groups in total. The number of methoxy groups -OCH3 is 1. The van der Waals surface area contributed by atoms with Crippen molar-refractivity contribution >= 4 is 11.3 Å². The zero-order chi connectivity index (χ0) is 10.7. The zero-order valence-electron chi connectivity index (χ0n) is 8.86. The summed E-state index contributed by atoms with van der Waals surface area (Å²) in [5.74, 6) is 0.955. The van der Waals surface area contributed by atoms with Crippen molar-refractivity contribution in [3.05, 3.63) is 34.7 Å². The van der Waals surface area contributed by atoms with Crippen molar-refractivity contribution in [1.29, 1.82) is 0 Å².